The summed E-state index contributed by atoms with van der Waals surface area (Å²) in [6, 6.07) is 2.13. The molecular weight excluding hydrogens is 457 g/mol. The number of sulfonamides is 1. The number of pyridine rings is 2. The molecule has 0 fully saturated rings. The fraction of sp³-hybridized carbons (Fsp3) is 0.333. The maximum absolute atomic E-state index is 14.2. The molecule has 0 aliphatic carbocycles. The Labute approximate surface area is 182 Å². The van der Waals surface area contributed by atoms with Gasteiger partial charge in [0.1, 0.15) is 16.1 Å². The van der Waals surface area contributed by atoms with Gasteiger partial charge in [-0.1, -0.05) is 0 Å². The van der Waals surface area contributed by atoms with Gasteiger partial charge in [0.2, 0.25) is 5.88 Å². The molecule has 0 radical (unpaired) electrons. The molecule has 0 saturated heterocycles. The standard InChI is InChI=1S/C18H19F3N4O6S.2H2/c1-29-6-5-25-4-3-10-13(8-22-15(10)18(25)26)32(27,28)24-12-7-11(19)16(23-17(12)30-2)31-9-14(20)21;;/h3-4,7-8,14,22,24H,5-6,9H2,1-2H3;2*1H. The van der Waals surface area contributed by atoms with Gasteiger partial charge in [-0.15, -0.1) is 0 Å². The third kappa shape index (κ3) is 4.80. The Morgan fingerprint density at radius 1 is 1.31 bits per heavy atom. The number of alkyl halides is 2. The lowest BCUT2D eigenvalue weighted by Crippen LogP contribution is -2.22. The monoisotopic (exact) mass is 480 g/mol. The topological polar surface area (TPSA) is 125 Å². The molecule has 3 rings (SSSR count). The van der Waals surface area contributed by atoms with Crippen molar-refractivity contribution in [3.05, 3.63) is 40.7 Å². The highest BCUT2D eigenvalue weighted by atomic mass is 32.2. The first kappa shape index (κ1) is 23.4. The van der Waals surface area contributed by atoms with Crippen LogP contribution in [0.1, 0.15) is 2.85 Å². The van der Waals surface area contributed by atoms with Gasteiger partial charge in [-0.05, 0) is 6.07 Å². The molecule has 0 spiro atoms. The van der Waals surface area contributed by atoms with Crippen molar-refractivity contribution >= 4 is 26.6 Å². The summed E-state index contributed by atoms with van der Waals surface area (Å²) in [5, 5.41) is 0.112. The Bertz CT molecular complexity index is 1290. The lowest BCUT2D eigenvalue weighted by atomic mass is 10.3. The van der Waals surface area contributed by atoms with E-state index in [1.165, 1.54) is 23.9 Å². The fourth-order valence-corrected chi connectivity index (χ4v) is 4.07. The quantitative estimate of drug-likeness (QED) is 0.457. The summed E-state index contributed by atoms with van der Waals surface area (Å²) < 4.78 is 82.6. The van der Waals surface area contributed by atoms with Gasteiger partial charge in [-0.2, -0.15) is 4.98 Å². The Morgan fingerprint density at radius 2 is 2.06 bits per heavy atom. The van der Waals surface area contributed by atoms with Gasteiger partial charge in [0, 0.05) is 40.4 Å². The second-order valence-electron chi connectivity index (χ2n) is 6.39. The van der Waals surface area contributed by atoms with Crippen LogP contribution in [0.2, 0.25) is 0 Å². The average Bonchev–Trinajstić information content (AvgIpc) is 3.18. The van der Waals surface area contributed by atoms with E-state index in [1.807, 2.05) is 0 Å². The van der Waals surface area contributed by atoms with E-state index in [1.54, 1.807) is 0 Å². The smallest absolute Gasteiger partial charge is 0.274 e. The minimum atomic E-state index is -4.33. The van der Waals surface area contributed by atoms with E-state index in [4.69, 9.17) is 9.47 Å². The second-order valence-corrected chi connectivity index (χ2v) is 8.04. The molecule has 10 nitrogen and oxygen atoms in total. The van der Waals surface area contributed by atoms with Crippen molar-refractivity contribution in [2.75, 3.05) is 32.2 Å². The highest BCUT2D eigenvalue weighted by Gasteiger charge is 2.24. The van der Waals surface area contributed by atoms with Crippen LogP contribution in [0.25, 0.3) is 10.9 Å². The SMILES string of the molecule is COCCn1ccc2c(S(=O)(=O)Nc3cc(F)c(OCC(F)F)nc3OC)c[nH]c2c1=O.[HH].[HH]. The lowest BCUT2D eigenvalue weighted by Gasteiger charge is -2.13. The summed E-state index contributed by atoms with van der Waals surface area (Å²) >= 11 is 0. The van der Waals surface area contributed by atoms with Gasteiger partial charge in [0.15, 0.2) is 12.4 Å². The van der Waals surface area contributed by atoms with Gasteiger partial charge >= 0.3 is 0 Å². The number of rotatable bonds is 10. The summed E-state index contributed by atoms with van der Waals surface area (Å²) in [5.74, 6) is -2.35. The number of nitrogens with zero attached hydrogens (tertiary/aromatic N) is 2. The predicted octanol–water partition coefficient (Wildman–Crippen LogP) is 2.46. The highest BCUT2D eigenvalue weighted by Crippen LogP contribution is 2.31. The number of fused-ring (bicyclic) bond motifs is 1. The largest absolute Gasteiger partial charge is 0.479 e. The molecule has 3 aromatic rings. The van der Waals surface area contributed by atoms with Crippen LogP contribution in [0.4, 0.5) is 18.9 Å². The Morgan fingerprint density at radius 3 is 2.72 bits per heavy atom. The minimum Gasteiger partial charge on any atom is -0.479 e. The summed E-state index contributed by atoms with van der Waals surface area (Å²) in [4.78, 5) is 18.5. The van der Waals surface area contributed by atoms with Crippen LogP contribution in [0.15, 0.2) is 34.2 Å². The summed E-state index contributed by atoms with van der Waals surface area (Å²) in [7, 11) is -1.72. The predicted molar refractivity (Wildman–Crippen MR) is 112 cm³/mol. The number of aromatic nitrogens is 3. The highest BCUT2D eigenvalue weighted by molar-refractivity contribution is 7.93. The first-order valence-corrected chi connectivity index (χ1v) is 10.5. The molecule has 0 unspecified atom stereocenters. The van der Waals surface area contributed by atoms with E-state index in [0.717, 1.165) is 13.3 Å². The number of nitrogens with one attached hydrogen (secondary N) is 2. The van der Waals surface area contributed by atoms with Crippen LogP contribution in [0.3, 0.4) is 0 Å². The van der Waals surface area contributed by atoms with Crippen molar-refractivity contribution in [1.29, 1.82) is 0 Å². The number of hydrogen-bond donors (Lipinski definition) is 2. The van der Waals surface area contributed by atoms with Gasteiger partial charge in [-0.3, -0.25) is 9.52 Å². The fourth-order valence-electron chi connectivity index (χ4n) is 2.85. The first-order valence-electron chi connectivity index (χ1n) is 9.05. The molecule has 14 heteroatoms. The molecular formula is C18H23F3N4O6S. The molecule has 0 atom stereocenters. The molecule has 0 aliphatic heterocycles. The number of anilines is 1. The van der Waals surface area contributed by atoms with Crippen molar-refractivity contribution in [1.82, 2.24) is 14.5 Å². The van der Waals surface area contributed by atoms with E-state index in [2.05, 4.69) is 19.4 Å². The van der Waals surface area contributed by atoms with Crippen molar-refractivity contribution < 1.29 is 38.7 Å². The van der Waals surface area contributed by atoms with E-state index in [9.17, 15) is 26.4 Å². The van der Waals surface area contributed by atoms with Crippen LogP contribution < -0.4 is 19.8 Å². The zero-order chi connectivity index (χ0) is 23.5. The van der Waals surface area contributed by atoms with Crippen LogP contribution in [0.5, 0.6) is 11.8 Å². The number of H-pyrrole nitrogens is 1. The molecule has 3 heterocycles. The Hall–Kier alpha value is -3.26. The van der Waals surface area contributed by atoms with Crippen LogP contribution >= 0.6 is 0 Å². The zero-order valence-electron chi connectivity index (χ0n) is 16.9. The van der Waals surface area contributed by atoms with E-state index >= 15 is 0 Å². The van der Waals surface area contributed by atoms with Gasteiger partial charge < -0.3 is 23.8 Å². The summed E-state index contributed by atoms with van der Waals surface area (Å²) in [6.07, 6.45) is -0.319. The van der Waals surface area contributed by atoms with Crippen LogP contribution in [-0.2, 0) is 21.3 Å². The Balaban J connectivity index is 0.00000289. The van der Waals surface area contributed by atoms with Crippen molar-refractivity contribution in [2.24, 2.45) is 0 Å². The first-order chi connectivity index (χ1) is 15.2. The van der Waals surface area contributed by atoms with Crippen LogP contribution in [-0.4, -0.2) is 56.8 Å². The summed E-state index contributed by atoms with van der Waals surface area (Å²) in [5.41, 5.74) is -0.792. The lowest BCUT2D eigenvalue weighted by molar-refractivity contribution is 0.0770. The summed E-state index contributed by atoms with van der Waals surface area (Å²) in [6.45, 7) is -0.545. The molecule has 0 aromatic carbocycles. The third-order valence-electron chi connectivity index (χ3n) is 4.30. The van der Waals surface area contributed by atoms with E-state index in [0.29, 0.717) is 6.07 Å². The second kappa shape index (κ2) is 9.48. The molecule has 178 valence electrons. The number of aromatic amines is 1. The van der Waals surface area contributed by atoms with Crippen molar-refractivity contribution in [2.45, 2.75) is 17.9 Å². The average molecular weight is 480 g/mol. The molecule has 2 N–H and O–H groups in total. The zero-order valence-corrected chi connectivity index (χ0v) is 17.7. The number of halogens is 3. The molecule has 3 aromatic heterocycles. The van der Waals surface area contributed by atoms with Crippen molar-refractivity contribution in [3.8, 4) is 11.8 Å². The maximum atomic E-state index is 14.2. The van der Waals surface area contributed by atoms with Crippen molar-refractivity contribution in [3.63, 3.8) is 0 Å². The van der Waals surface area contributed by atoms with Gasteiger partial charge in [0.05, 0.1) is 13.7 Å². The number of methoxy groups -OCH3 is 2. The molecule has 0 saturated carbocycles. The normalized spacial score (nSPS) is 11.8. The van der Waals surface area contributed by atoms with Crippen LogP contribution in [0, 0.1) is 5.82 Å². The molecule has 0 aliphatic rings. The van der Waals surface area contributed by atoms with E-state index < -0.39 is 51.9 Å². The van der Waals surface area contributed by atoms with E-state index in [-0.39, 0.29) is 31.8 Å². The number of ether oxygens (including phenoxy) is 3. The van der Waals surface area contributed by atoms with Gasteiger partial charge in [0.25, 0.3) is 27.9 Å². The Kier molecular flexibility index (Phi) is 6.93. The number of hydrogen-bond acceptors (Lipinski definition) is 7. The van der Waals surface area contributed by atoms with Gasteiger partial charge in [-0.25, -0.2) is 21.6 Å². The third-order valence-corrected chi connectivity index (χ3v) is 5.70. The minimum absolute atomic E-state index is 0. The molecule has 0 amide bonds. The maximum Gasteiger partial charge on any atom is 0.274 e. The molecule has 32 heavy (non-hydrogen) atoms. The molecule has 0 bridgehead atoms.